The molecule has 0 aliphatic carbocycles. The van der Waals surface area contributed by atoms with Crippen LogP contribution >= 0.6 is 15.9 Å². The Morgan fingerprint density at radius 3 is 2.78 bits per heavy atom. The second-order valence-electron chi connectivity index (χ2n) is 4.74. The lowest BCUT2D eigenvalue weighted by atomic mass is 10.1. The van der Waals surface area contributed by atoms with Crippen molar-refractivity contribution in [2.75, 3.05) is 26.7 Å². The van der Waals surface area contributed by atoms with Gasteiger partial charge in [-0.1, -0.05) is 0 Å². The van der Waals surface area contributed by atoms with Gasteiger partial charge in [-0.2, -0.15) is 0 Å². The van der Waals surface area contributed by atoms with Gasteiger partial charge in [0.2, 0.25) is 0 Å². The van der Waals surface area contributed by atoms with Gasteiger partial charge in [-0.05, 0) is 48.1 Å². The van der Waals surface area contributed by atoms with Crippen LogP contribution in [0.1, 0.15) is 17.3 Å². The molecule has 1 fully saturated rings. The SMILES string of the molecule is C[C@H]1CN(C)CCN1C(=O)c1ccc(Br)c(F)c1. The summed E-state index contributed by atoms with van der Waals surface area (Å²) in [7, 11) is 2.04. The zero-order valence-corrected chi connectivity index (χ0v) is 12.1. The Balaban J connectivity index is 2.18. The molecule has 1 saturated heterocycles. The molecule has 0 spiro atoms. The molecular formula is C13H16BrFN2O. The van der Waals surface area contributed by atoms with Crippen LogP contribution in [0.2, 0.25) is 0 Å². The highest BCUT2D eigenvalue weighted by molar-refractivity contribution is 9.10. The highest BCUT2D eigenvalue weighted by Gasteiger charge is 2.26. The smallest absolute Gasteiger partial charge is 0.254 e. The third kappa shape index (κ3) is 2.72. The molecule has 3 nitrogen and oxygen atoms in total. The third-order valence-corrected chi connectivity index (χ3v) is 3.90. The van der Waals surface area contributed by atoms with Gasteiger partial charge in [0.1, 0.15) is 5.82 Å². The van der Waals surface area contributed by atoms with Crippen molar-refractivity contribution in [3.8, 4) is 0 Å². The summed E-state index contributed by atoms with van der Waals surface area (Å²) >= 11 is 3.09. The molecule has 0 aromatic heterocycles. The number of likely N-dealkylation sites (N-methyl/N-ethyl adjacent to an activating group) is 1. The van der Waals surface area contributed by atoms with Gasteiger partial charge >= 0.3 is 0 Å². The summed E-state index contributed by atoms with van der Waals surface area (Å²) in [5.41, 5.74) is 0.409. The van der Waals surface area contributed by atoms with Gasteiger partial charge in [0.05, 0.1) is 4.47 Å². The Hall–Kier alpha value is -0.940. The van der Waals surface area contributed by atoms with Crippen LogP contribution in [0.4, 0.5) is 4.39 Å². The molecule has 0 unspecified atom stereocenters. The second kappa shape index (κ2) is 5.36. The fraction of sp³-hybridized carbons (Fsp3) is 0.462. The zero-order chi connectivity index (χ0) is 13.3. The number of rotatable bonds is 1. The van der Waals surface area contributed by atoms with Crippen LogP contribution in [0.15, 0.2) is 22.7 Å². The van der Waals surface area contributed by atoms with E-state index in [1.807, 2.05) is 18.9 Å². The van der Waals surface area contributed by atoms with E-state index in [1.165, 1.54) is 6.07 Å². The molecule has 5 heteroatoms. The molecule has 1 aliphatic rings. The molecule has 1 heterocycles. The van der Waals surface area contributed by atoms with Gasteiger partial charge < -0.3 is 9.80 Å². The number of carbonyl (C=O) groups is 1. The van der Waals surface area contributed by atoms with Crippen molar-refractivity contribution in [1.29, 1.82) is 0 Å². The van der Waals surface area contributed by atoms with E-state index < -0.39 is 5.82 Å². The number of amides is 1. The fourth-order valence-corrected chi connectivity index (χ4v) is 2.48. The number of halogens is 2. The first-order chi connectivity index (χ1) is 8.49. The predicted molar refractivity (Wildman–Crippen MR) is 72.1 cm³/mol. The standard InChI is InChI=1S/C13H16BrFN2O/c1-9-8-16(2)5-6-17(9)13(18)10-3-4-11(14)12(15)7-10/h3-4,7,9H,5-6,8H2,1-2H3/t9-/m0/s1. The molecule has 1 aromatic rings. The van der Waals surface area contributed by atoms with Gasteiger partial charge in [0.15, 0.2) is 0 Å². The number of hydrogen-bond donors (Lipinski definition) is 0. The van der Waals surface area contributed by atoms with Crippen molar-refractivity contribution >= 4 is 21.8 Å². The maximum Gasteiger partial charge on any atom is 0.254 e. The number of hydrogen-bond acceptors (Lipinski definition) is 2. The first-order valence-electron chi connectivity index (χ1n) is 5.93. The maximum atomic E-state index is 13.4. The van der Waals surface area contributed by atoms with Gasteiger partial charge in [-0.25, -0.2) is 4.39 Å². The summed E-state index contributed by atoms with van der Waals surface area (Å²) in [6, 6.07) is 4.67. The van der Waals surface area contributed by atoms with Gasteiger partial charge in [0.25, 0.3) is 5.91 Å². The summed E-state index contributed by atoms with van der Waals surface area (Å²) in [5.74, 6) is -0.496. The highest BCUT2D eigenvalue weighted by atomic mass is 79.9. The predicted octanol–water partition coefficient (Wildman–Crippen LogP) is 2.36. The van der Waals surface area contributed by atoms with Gasteiger partial charge in [0, 0.05) is 31.2 Å². The quantitative estimate of drug-likeness (QED) is 0.794. The van der Waals surface area contributed by atoms with Crippen LogP contribution < -0.4 is 0 Å². The number of carbonyl (C=O) groups excluding carboxylic acids is 1. The lowest BCUT2D eigenvalue weighted by molar-refractivity contribution is 0.0533. The maximum absolute atomic E-state index is 13.4. The molecule has 0 radical (unpaired) electrons. The summed E-state index contributed by atoms with van der Waals surface area (Å²) in [6.07, 6.45) is 0. The minimum Gasteiger partial charge on any atom is -0.333 e. The molecule has 2 rings (SSSR count). The topological polar surface area (TPSA) is 23.6 Å². The van der Waals surface area contributed by atoms with Crippen molar-refractivity contribution in [1.82, 2.24) is 9.80 Å². The van der Waals surface area contributed by atoms with E-state index in [1.54, 1.807) is 12.1 Å². The summed E-state index contributed by atoms with van der Waals surface area (Å²) in [5, 5.41) is 0. The van der Waals surface area contributed by atoms with Gasteiger partial charge in [-0.15, -0.1) is 0 Å². The fourth-order valence-electron chi connectivity index (χ4n) is 2.24. The molecule has 1 amide bonds. The van der Waals surface area contributed by atoms with Gasteiger partial charge in [-0.3, -0.25) is 4.79 Å². The van der Waals surface area contributed by atoms with E-state index in [0.29, 0.717) is 16.6 Å². The van der Waals surface area contributed by atoms with Crippen LogP contribution in [-0.4, -0.2) is 48.4 Å². The van der Waals surface area contributed by atoms with E-state index in [4.69, 9.17) is 0 Å². The Labute approximate surface area is 115 Å². The molecule has 18 heavy (non-hydrogen) atoms. The Kier molecular flexibility index (Phi) is 4.02. The molecule has 0 bridgehead atoms. The van der Waals surface area contributed by atoms with Crippen LogP contribution in [-0.2, 0) is 0 Å². The molecule has 98 valence electrons. The molecule has 0 N–H and O–H groups in total. The Morgan fingerprint density at radius 2 is 2.17 bits per heavy atom. The molecular weight excluding hydrogens is 299 g/mol. The largest absolute Gasteiger partial charge is 0.333 e. The van der Waals surface area contributed by atoms with Crippen LogP contribution in [0.3, 0.4) is 0 Å². The summed E-state index contributed by atoms with van der Waals surface area (Å²) in [4.78, 5) is 16.3. The average molecular weight is 315 g/mol. The van der Waals surface area contributed by atoms with E-state index in [9.17, 15) is 9.18 Å². The van der Waals surface area contributed by atoms with E-state index in [-0.39, 0.29) is 11.9 Å². The first-order valence-corrected chi connectivity index (χ1v) is 6.73. The zero-order valence-electron chi connectivity index (χ0n) is 10.5. The minimum absolute atomic E-state index is 0.0954. The Morgan fingerprint density at radius 1 is 1.44 bits per heavy atom. The molecule has 1 atom stereocenters. The van der Waals surface area contributed by atoms with Crippen molar-refractivity contribution in [3.05, 3.63) is 34.1 Å². The Bertz CT molecular complexity index is 466. The molecule has 1 aliphatic heterocycles. The van der Waals surface area contributed by atoms with Crippen LogP contribution in [0.25, 0.3) is 0 Å². The normalized spacial score (nSPS) is 21.1. The van der Waals surface area contributed by atoms with E-state index in [0.717, 1.165) is 13.1 Å². The highest BCUT2D eigenvalue weighted by Crippen LogP contribution is 2.19. The number of nitrogens with zero attached hydrogens (tertiary/aromatic N) is 2. The van der Waals surface area contributed by atoms with E-state index in [2.05, 4.69) is 20.8 Å². The third-order valence-electron chi connectivity index (χ3n) is 3.26. The van der Waals surface area contributed by atoms with Crippen LogP contribution in [0, 0.1) is 5.82 Å². The second-order valence-corrected chi connectivity index (χ2v) is 5.59. The summed E-state index contributed by atoms with van der Waals surface area (Å²) in [6.45, 7) is 4.41. The monoisotopic (exact) mass is 314 g/mol. The van der Waals surface area contributed by atoms with Crippen molar-refractivity contribution in [3.63, 3.8) is 0 Å². The lowest BCUT2D eigenvalue weighted by Gasteiger charge is -2.38. The first kappa shape index (κ1) is 13.5. The van der Waals surface area contributed by atoms with Crippen molar-refractivity contribution in [2.45, 2.75) is 13.0 Å². The molecule has 0 saturated carbocycles. The van der Waals surface area contributed by atoms with Crippen LogP contribution in [0.5, 0.6) is 0 Å². The molecule has 1 aromatic carbocycles. The van der Waals surface area contributed by atoms with Crippen molar-refractivity contribution in [2.24, 2.45) is 0 Å². The minimum atomic E-state index is -0.400. The lowest BCUT2D eigenvalue weighted by Crippen LogP contribution is -2.52. The average Bonchev–Trinajstić information content (AvgIpc) is 2.32. The number of benzene rings is 1. The van der Waals surface area contributed by atoms with Crippen molar-refractivity contribution < 1.29 is 9.18 Å². The number of piperazine rings is 1. The van der Waals surface area contributed by atoms with E-state index >= 15 is 0 Å². The summed E-state index contributed by atoms with van der Waals surface area (Å²) < 4.78 is 13.8.